The summed E-state index contributed by atoms with van der Waals surface area (Å²) in [4.78, 5) is 11.4. The molecular formula is C15H22BrNO2S. The molecule has 0 unspecified atom stereocenters. The second-order valence-electron chi connectivity index (χ2n) is 5.17. The highest BCUT2D eigenvalue weighted by Gasteiger charge is 2.27. The lowest BCUT2D eigenvalue weighted by atomic mass is 9.83. The molecule has 0 N–H and O–H groups in total. The number of nitrogens with zero attached hydrogens (tertiary/aromatic N) is 1. The molecule has 112 valence electrons. The van der Waals surface area contributed by atoms with E-state index in [9.17, 15) is 10.1 Å². The van der Waals surface area contributed by atoms with E-state index in [0.717, 1.165) is 16.0 Å². The molecule has 0 aliphatic rings. The zero-order valence-corrected chi connectivity index (χ0v) is 14.5. The first kappa shape index (κ1) is 17.5. The molecule has 0 radical (unpaired) electrons. The Labute approximate surface area is 133 Å². The fourth-order valence-corrected chi connectivity index (χ4v) is 4.62. The van der Waals surface area contributed by atoms with Gasteiger partial charge in [0.05, 0.1) is 4.92 Å². The Kier molecular flexibility index (Phi) is 7.59. The molecule has 5 heteroatoms. The molecular weight excluding hydrogens is 338 g/mol. The van der Waals surface area contributed by atoms with Crippen LogP contribution in [0.3, 0.4) is 0 Å². The van der Waals surface area contributed by atoms with Crippen LogP contribution < -0.4 is 0 Å². The van der Waals surface area contributed by atoms with Crippen molar-refractivity contribution in [2.45, 2.75) is 44.4 Å². The van der Waals surface area contributed by atoms with Crippen molar-refractivity contribution < 1.29 is 4.92 Å². The van der Waals surface area contributed by atoms with Gasteiger partial charge in [-0.3, -0.25) is 10.1 Å². The largest absolute Gasteiger partial charge is 0.269 e. The number of non-ortho nitro benzene ring substituents is 1. The minimum atomic E-state index is -0.356. The molecule has 1 aromatic rings. The molecule has 3 nitrogen and oxygen atoms in total. The van der Waals surface area contributed by atoms with Crippen LogP contribution >= 0.6 is 27.7 Å². The number of hydrogen-bond donors (Lipinski definition) is 0. The van der Waals surface area contributed by atoms with E-state index in [1.807, 2.05) is 12.1 Å². The van der Waals surface area contributed by atoms with Crippen LogP contribution in [0.2, 0.25) is 0 Å². The first-order valence-electron chi connectivity index (χ1n) is 7.00. The Hall–Kier alpha value is -0.550. The Morgan fingerprint density at radius 2 is 1.75 bits per heavy atom. The standard InChI is InChI=1S/C15H22BrNO2S/c1-3-9-15(11-16,10-4-2)12-20-14-7-5-13(6-8-14)17(18)19/h5-8H,3-4,9-12H2,1-2H3. The van der Waals surface area contributed by atoms with Crippen LogP contribution in [0.5, 0.6) is 0 Å². The highest BCUT2D eigenvalue weighted by molar-refractivity contribution is 9.09. The molecule has 0 saturated heterocycles. The third-order valence-electron chi connectivity index (χ3n) is 3.44. The molecule has 0 saturated carbocycles. The summed E-state index contributed by atoms with van der Waals surface area (Å²) in [5, 5.41) is 11.7. The van der Waals surface area contributed by atoms with Gasteiger partial charge in [-0.2, -0.15) is 0 Å². The van der Waals surface area contributed by atoms with Gasteiger partial charge in [0.1, 0.15) is 0 Å². The number of nitro benzene ring substituents is 1. The lowest BCUT2D eigenvalue weighted by Crippen LogP contribution is -2.25. The van der Waals surface area contributed by atoms with Gasteiger partial charge < -0.3 is 0 Å². The lowest BCUT2D eigenvalue weighted by molar-refractivity contribution is -0.384. The van der Waals surface area contributed by atoms with Gasteiger partial charge in [0, 0.05) is 28.1 Å². The second kappa shape index (κ2) is 8.67. The Morgan fingerprint density at radius 1 is 1.20 bits per heavy atom. The van der Waals surface area contributed by atoms with Crippen LogP contribution in [0, 0.1) is 15.5 Å². The SMILES string of the molecule is CCCC(CBr)(CCC)CSc1ccc([N+](=O)[O-])cc1. The molecule has 0 heterocycles. The highest BCUT2D eigenvalue weighted by Crippen LogP contribution is 2.38. The van der Waals surface area contributed by atoms with E-state index in [4.69, 9.17) is 0 Å². The quantitative estimate of drug-likeness (QED) is 0.247. The summed E-state index contributed by atoms with van der Waals surface area (Å²) in [6.07, 6.45) is 4.80. The average Bonchev–Trinajstić information content (AvgIpc) is 2.45. The van der Waals surface area contributed by atoms with Gasteiger partial charge in [-0.25, -0.2) is 0 Å². The van der Waals surface area contributed by atoms with Crippen molar-refractivity contribution in [2.75, 3.05) is 11.1 Å². The second-order valence-corrected chi connectivity index (χ2v) is 6.78. The third kappa shape index (κ3) is 5.09. The van der Waals surface area contributed by atoms with Gasteiger partial charge in [0.15, 0.2) is 0 Å². The lowest BCUT2D eigenvalue weighted by Gasteiger charge is -2.31. The fourth-order valence-electron chi connectivity index (χ4n) is 2.40. The average molecular weight is 360 g/mol. The van der Waals surface area contributed by atoms with Crippen LogP contribution in [-0.4, -0.2) is 16.0 Å². The minimum Gasteiger partial charge on any atom is -0.258 e. The molecule has 0 bridgehead atoms. The first-order chi connectivity index (χ1) is 9.56. The van der Waals surface area contributed by atoms with Crippen LogP contribution in [0.25, 0.3) is 0 Å². The minimum absolute atomic E-state index is 0.156. The molecule has 0 amide bonds. The molecule has 20 heavy (non-hydrogen) atoms. The van der Waals surface area contributed by atoms with Crippen molar-refractivity contribution in [1.29, 1.82) is 0 Å². The molecule has 0 fully saturated rings. The first-order valence-corrected chi connectivity index (χ1v) is 9.11. The van der Waals surface area contributed by atoms with E-state index in [-0.39, 0.29) is 10.6 Å². The van der Waals surface area contributed by atoms with Crippen LogP contribution in [0.1, 0.15) is 39.5 Å². The van der Waals surface area contributed by atoms with E-state index in [1.54, 1.807) is 23.9 Å². The normalized spacial score (nSPS) is 11.6. The summed E-state index contributed by atoms with van der Waals surface area (Å²) in [6, 6.07) is 6.86. The number of hydrogen-bond acceptors (Lipinski definition) is 3. The van der Waals surface area contributed by atoms with Crippen molar-refractivity contribution in [3.63, 3.8) is 0 Å². The van der Waals surface area contributed by atoms with E-state index in [1.165, 1.54) is 25.7 Å². The Bertz CT molecular complexity index is 416. The number of halogens is 1. The number of benzene rings is 1. The van der Waals surface area contributed by atoms with E-state index >= 15 is 0 Å². The smallest absolute Gasteiger partial charge is 0.258 e. The van der Waals surface area contributed by atoms with Crippen LogP contribution in [0.4, 0.5) is 5.69 Å². The maximum Gasteiger partial charge on any atom is 0.269 e. The van der Waals surface area contributed by atoms with Crippen molar-refractivity contribution in [1.82, 2.24) is 0 Å². The Balaban J connectivity index is 2.68. The summed E-state index contributed by atoms with van der Waals surface area (Å²) in [7, 11) is 0. The molecule has 0 aromatic heterocycles. The summed E-state index contributed by atoms with van der Waals surface area (Å²) < 4.78 is 0. The molecule has 0 atom stereocenters. The van der Waals surface area contributed by atoms with E-state index in [2.05, 4.69) is 29.8 Å². The molecule has 0 spiro atoms. The number of rotatable bonds is 9. The zero-order valence-electron chi connectivity index (χ0n) is 12.1. The fraction of sp³-hybridized carbons (Fsp3) is 0.600. The molecule has 0 aliphatic carbocycles. The van der Waals surface area contributed by atoms with Crippen molar-refractivity contribution in [2.24, 2.45) is 5.41 Å². The summed E-state index contributed by atoms with van der Waals surface area (Å²) >= 11 is 5.48. The number of alkyl halides is 1. The molecule has 1 rings (SSSR count). The van der Waals surface area contributed by atoms with Crippen molar-refractivity contribution >= 4 is 33.4 Å². The number of thioether (sulfide) groups is 1. The predicted molar refractivity (Wildman–Crippen MR) is 89.9 cm³/mol. The van der Waals surface area contributed by atoms with Gasteiger partial charge in [-0.05, 0) is 30.4 Å². The van der Waals surface area contributed by atoms with E-state index in [0.29, 0.717) is 5.41 Å². The van der Waals surface area contributed by atoms with Gasteiger partial charge in [0.2, 0.25) is 0 Å². The maximum absolute atomic E-state index is 10.6. The van der Waals surface area contributed by atoms with Crippen molar-refractivity contribution in [3.8, 4) is 0 Å². The molecule has 1 aromatic carbocycles. The summed E-state index contributed by atoms with van der Waals surface area (Å²) in [5.41, 5.74) is 0.485. The van der Waals surface area contributed by atoms with E-state index < -0.39 is 0 Å². The van der Waals surface area contributed by atoms with Gasteiger partial charge in [-0.1, -0.05) is 42.6 Å². The predicted octanol–water partition coefficient (Wildman–Crippen LogP) is 5.67. The van der Waals surface area contributed by atoms with Crippen molar-refractivity contribution in [3.05, 3.63) is 34.4 Å². The highest BCUT2D eigenvalue weighted by atomic mass is 79.9. The number of nitro groups is 1. The summed E-state index contributed by atoms with van der Waals surface area (Å²) in [5.74, 6) is 1.05. The zero-order chi connectivity index (χ0) is 15.0. The molecule has 0 aliphatic heterocycles. The third-order valence-corrected chi connectivity index (χ3v) is 5.99. The van der Waals surface area contributed by atoms with Crippen LogP contribution in [0.15, 0.2) is 29.2 Å². The topological polar surface area (TPSA) is 43.1 Å². The van der Waals surface area contributed by atoms with Crippen LogP contribution in [-0.2, 0) is 0 Å². The van der Waals surface area contributed by atoms with Gasteiger partial charge in [0.25, 0.3) is 5.69 Å². The maximum atomic E-state index is 10.6. The monoisotopic (exact) mass is 359 g/mol. The van der Waals surface area contributed by atoms with Gasteiger partial charge >= 0.3 is 0 Å². The summed E-state index contributed by atoms with van der Waals surface area (Å²) in [6.45, 7) is 4.45. The Morgan fingerprint density at radius 3 is 2.15 bits per heavy atom. The van der Waals surface area contributed by atoms with Gasteiger partial charge in [-0.15, -0.1) is 11.8 Å².